The van der Waals surface area contributed by atoms with Gasteiger partial charge in [-0.2, -0.15) is 0 Å². The van der Waals surface area contributed by atoms with Crippen LogP contribution in [-0.2, 0) is 35.4 Å². The number of benzene rings is 4. The van der Waals surface area contributed by atoms with Crippen molar-refractivity contribution in [1.82, 2.24) is 10.2 Å². The number of carbonyl (C=O) groups is 2. The molecule has 2 amide bonds. The third-order valence-electron chi connectivity index (χ3n) is 7.17. The largest absolute Gasteiger partial charge is 0.493 e. The van der Waals surface area contributed by atoms with Crippen LogP contribution in [0.2, 0.25) is 0 Å². The van der Waals surface area contributed by atoms with Gasteiger partial charge in [0.1, 0.15) is 11.9 Å². The highest BCUT2D eigenvalue weighted by atomic mass is 19.1. The van der Waals surface area contributed by atoms with Gasteiger partial charge in [-0.05, 0) is 59.4 Å². The minimum absolute atomic E-state index is 0.140. The van der Waals surface area contributed by atoms with Crippen molar-refractivity contribution >= 4 is 11.8 Å². The molecule has 4 aromatic carbocycles. The highest BCUT2D eigenvalue weighted by Gasteiger charge is 2.30. The SMILES string of the molecule is COc1ccc(CCNC(=O)[C@@H](Cc2ccccc2)N(Cc2ccc(F)cc2)C(=O)CCc2ccccc2)cc1OC. The normalized spacial score (nSPS) is 11.4. The highest BCUT2D eigenvalue weighted by Crippen LogP contribution is 2.27. The molecule has 4 aromatic rings. The first-order valence-electron chi connectivity index (χ1n) is 14.1. The minimum Gasteiger partial charge on any atom is -0.493 e. The number of ether oxygens (including phenoxy) is 2. The second kappa shape index (κ2) is 15.4. The molecule has 0 aliphatic heterocycles. The Labute approximate surface area is 247 Å². The minimum atomic E-state index is -0.758. The van der Waals surface area contributed by atoms with Gasteiger partial charge in [0, 0.05) is 25.9 Å². The van der Waals surface area contributed by atoms with Gasteiger partial charge in [0.15, 0.2) is 11.5 Å². The average molecular weight is 569 g/mol. The van der Waals surface area contributed by atoms with Gasteiger partial charge in [0.25, 0.3) is 0 Å². The fraction of sp³-hybridized carbons (Fsp3) is 0.257. The summed E-state index contributed by atoms with van der Waals surface area (Å²) in [5.41, 5.74) is 3.72. The van der Waals surface area contributed by atoms with Crippen molar-refractivity contribution in [2.75, 3.05) is 20.8 Å². The molecule has 0 radical (unpaired) electrons. The van der Waals surface area contributed by atoms with Crippen LogP contribution >= 0.6 is 0 Å². The van der Waals surface area contributed by atoms with E-state index in [0.29, 0.717) is 37.3 Å². The quantitative estimate of drug-likeness (QED) is 0.210. The molecule has 0 aliphatic rings. The number of hydrogen-bond acceptors (Lipinski definition) is 4. The second-order valence-electron chi connectivity index (χ2n) is 10.1. The number of aryl methyl sites for hydroxylation is 1. The van der Waals surface area contributed by atoms with E-state index in [2.05, 4.69) is 5.32 Å². The molecule has 1 atom stereocenters. The van der Waals surface area contributed by atoms with Crippen molar-refractivity contribution < 1.29 is 23.5 Å². The topological polar surface area (TPSA) is 67.9 Å². The third-order valence-corrected chi connectivity index (χ3v) is 7.17. The van der Waals surface area contributed by atoms with E-state index in [-0.39, 0.29) is 30.6 Å². The van der Waals surface area contributed by atoms with Gasteiger partial charge < -0.3 is 19.7 Å². The van der Waals surface area contributed by atoms with Crippen LogP contribution in [0, 0.1) is 5.82 Å². The number of amides is 2. The summed E-state index contributed by atoms with van der Waals surface area (Å²) in [5.74, 6) is 0.527. The molecule has 0 fully saturated rings. The fourth-order valence-electron chi connectivity index (χ4n) is 4.86. The zero-order chi connectivity index (χ0) is 29.7. The summed E-state index contributed by atoms with van der Waals surface area (Å²) in [6.45, 7) is 0.566. The van der Waals surface area contributed by atoms with E-state index >= 15 is 0 Å². The molecule has 42 heavy (non-hydrogen) atoms. The molecule has 0 heterocycles. The van der Waals surface area contributed by atoms with Gasteiger partial charge >= 0.3 is 0 Å². The lowest BCUT2D eigenvalue weighted by atomic mass is 10.0. The standard InChI is InChI=1S/C35H37FN2O4/c1-41-32-19-15-28(24-33(32)42-2)21-22-37-35(40)31(23-27-11-7-4-8-12-27)38(25-29-13-17-30(36)18-14-29)34(39)20-16-26-9-5-3-6-10-26/h3-15,17-19,24,31H,16,20-23,25H2,1-2H3,(H,37,40)/t31-/m1/s1. The first kappa shape index (κ1) is 30.3. The molecule has 0 unspecified atom stereocenters. The van der Waals surface area contributed by atoms with Gasteiger partial charge in [-0.25, -0.2) is 4.39 Å². The number of methoxy groups -OCH3 is 2. The molecule has 4 rings (SSSR count). The van der Waals surface area contributed by atoms with Crippen LogP contribution in [0.4, 0.5) is 4.39 Å². The maximum absolute atomic E-state index is 13.8. The Balaban J connectivity index is 1.55. The lowest BCUT2D eigenvalue weighted by Gasteiger charge is -2.32. The monoisotopic (exact) mass is 568 g/mol. The number of nitrogens with zero attached hydrogens (tertiary/aromatic N) is 1. The molecule has 6 nitrogen and oxygen atoms in total. The summed E-state index contributed by atoms with van der Waals surface area (Å²) in [5, 5.41) is 3.06. The molecule has 0 saturated heterocycles. The fourth-order valence-corrected chi connectivity index (χ4v) is 4.86. The van der Waals surface area contributed by atoms with Crippen LogP contribution < -0.4 is 14.8 Å². The van der Waals surface area contributed by atoms with Gasteiger partial charge in [-0.3, -0.25) is 9.59 Å². The second-order valence-corrected chi connectivity index (χ2v) is 10.1. The summed E-state index contributed by atoms with van der Waals surface area (Å²) in [4.78, 5) is 29.2. The molecule has 0 spiro atoms. The summed E-state index contributed by atoms with van der Waals surface area (Å²) >= 11 is 0. The zero-order valence-electron chi connectivity index (χ0n) is 24.1. The Bertz CT molecular complexity index is 1430. The number of carbonyl (C=O) groups excluding carboxylic acids is 2. The van der Waals surface area contributed by atoms with E-state index in [9.17, 15) is 14.0 Å². The Morgan fingerprint density at radius 2 is 1.36 bits per heavy atom. The number of halogens is 1. The lowest BCUT2D eigenvalue weighted by molar-refractivity contribution is -0.141. The van der Waals surface area contributed by atoms with Crippen LogP contribution in [0.5, 0.6) is 11.5 Å². The Morgan fingerprint density at radius 3 is 2.00 bits per heavy atom. The molecule has 0 bridgehead atoms. The van der Waals surface area contributed by atoms with Crippen molar-refractivity contribution in [1.29, 1.82) is 0 Å². The molecule has 0 saturated carbocycles. The first-order valence-corrected chi connectivity index (χ1v) is 14.1. The molecule has 218 valence electrons. The predicted octanol–water partition coefficient (Wildman–Crippen LogP) is 5.77. The van der Waals surface area contributed by atoms with E-state index in [1.165, 1.54) is 12.1 Å². The van der Waals surface area contributed by atoms with Crippen LogP contribution in [0.15, 0.2) is 103 Å². The Kier molecular flexibility index (Phi) is 11.1. The van der Waals surface area contributed by atoms with Gasteiger partial charge in [-0.1, -0.05) is 78.9 Å². The van der Waals surface area contributed by atoms with Crippen molar-refractivity contribution in [3.63, 3.8) is 0 Å². The van der Waals surface area contributed by atoms with Crippen LogP contribution in [-0.4, -0.2) is 43.5 Å². The number of hydrogen-bond donors (Lipinski definition) is 1. The van der Waals surface area contributed by atoms with Crippen LogP contribution in [0.3, 0.4) is 0 Å². The van der Waals surface area contributed by atoms with E-state index in [4.69, 9.17) is 9.47 Å². The van der Waals surface area contributed by atoms with E-state index in [1.54, 1.807) is 31.3 Å². The maximum atomic E-state index is 13.8. The van der Waals surface area contributed by atoms with Crippen molar-refractivity contribution in [3.8, 4) is 11.5 Å². The molecule has 7 heteroatoms. The molecule has 0 aromatic heterocycles. The number of rotatable bonds is 14. The molecular formula is C35H37FN2O4. The Morgan fingerprint density at radius 1 is 0.738 bits per heavy atom. The van der Waals surface area contributed by atoms with Gasteiger partial charge in [-0.15, -0.1) is 0 Å². The van der Waals surface area contributed by atoms with Crippen LogP contribution in [0.25, 0.3) is 0 Å². The highest BCUT2D eigenvalue weighted by molar-refractivity contribution is 5.88. The Hall–Kier alpha value is -4.65. The molecule has 1 N–H and O–H groups in total. The molecular weight excluding hydrogens is 531 g/mol. The third kappa shape index (κ3) is 8.67. The van der Waals surface area contributed by atoms with Crippen LogP contribution in [0.1, 0.15) is 28.7 Å². The average Bonchev–Trinajstić information content (AvgIpc) is 3.03. The first-order chi connectivity index (χ1) is 20.5. The molecule has 0 aliphatic carbocycles. The summed E-state index contributed by atoms with van der Waals surface area (Å²) in [7, 11) is 3.17. The summed E-state index contributed by atoms with van der Waals surface area (Å²) in [6.07, 6.45) is 1.72. The van der Waals surface area contributed by atoms with E-state index in [1.807, 2.05) is 78.9 Å². The van der Waals surface area contributed by atoms with E-state index < -0.39 is 6.04 Å². The zero-order valence-corrected chi connectivity index (χ0v) is 24.1. The number of nitrogens with one attached hydrogen (secondary N) is 1. The smallest absolute Gasteiger partial charge is 0.243 e. The van der Waals surface area contributed by atoms with Gasteiger partial charge in [0.05, 0.1) is 14.2 Å². The predicted molar refractivity (Wildman–Crippen MR) is 162 cm³/mol. The van der Waals surface area contributed by atoms with E-state index in [0.717, 1.165) is 22.3 Å². The van der Waals surface area contributed by atoms with Crippen molar-refractivity contribution in [3.05, 3.63) is 131 Å². The van der Waals surface area contributed by atoms with Crippen molar-refractivity contribution in [2.24, 2.45) is 0 Å². The summed E-state index contributed by atoms with van der Waals surface area (Å²) < 4.78 is 24.4. The maximum Gasteiger partial charge on any atom is 0.243 e. The van der Waals surface area contributed by atoms with Crippen molar-refractivity contribution in [2.45, 2.75) is 38.3 Å². The summed E-state index contributed by atoms with van der Waals surface area (Å²) in [6, 6.07) is 30.4. The van der Waals surface area contributed by atoms with Gasteiger partial charge in [0.2, 0.25) is 11.8 Å². The lowest BCUT2D eigenvalue weighted by Crippen LogP contribution is -2.50.